The van der Waals surface area contributed by atoms with Crippen molar-refractivity contribution in [3.05, 3.63) is 11.9 Å². The van der Waals surface area contributed by atoms with Gasteiger partial charge < -0.3 is 0 Å². The van der Waals surface area contributed by atoms with Crippen molar-refractivity contribution in [1.29, 1.82) is 0 Å². The molecule has 1 unspecified atom stereocenters. The third kappa shape index (κ3) is 1.43. The predicted molar refractivity (Wildman–Crippen MR) is 37.2 cm³/mol. The van der Waals surface area contributed by atoms with Crippen molar-refractivity contribution < 1.29 is 9.18 Å². The van der Waals surface area contributed by atoms with E-state index in [0.29, 0.717) is 6.42 Å². The van der Waals surface area contributed by atoms with Crippen molar-refractivity contribution in [2.45, 2.75) is 26.2 Å². The van der Waals surface area contributed by atoms with Gasteiger partial charge in [0.05, 0.1) is 0 Å². The Balaban J connectivity index is 2.51. The van der Waals surface area contributed by atoms with Crippen molar-refractivity contribution in [3.63, 3.8) is 0 Å². The summed E-state index contributed by atoms with van der Waals surface area (Å²) < 4.78 is 12.7. The zero-order valence-electron chi connectivity index (χ0n) is 6.06. The second-order valence-corrected chi connectivity index (χ2v) is 2.69. The number of hydrogen-bond donors (Lipinski definition) is 0. The molecular formula is C8H11FO. The molecule has 0 bridgehead atoms. The highest BCUT2D eigenvalue weighted by Crippen LogP contribution is 2.27. The number of carbonyl (C=O) groups excluding carboxylic acids is 1. The van der Waals surface area contributed by atoms with Gasteiger partial charge in [-0.25, -0.2) is 4.39 Å². The van der Waals surface area contributed by atoms with Crippen molar-refractivity contribution in [3.8, 4) is 0 Å². The lowest BCUT2D eigenvalue weighted by atomic mass is 10.0. The minimum atomic E-state index is -0.216. The molecule has 0 aromatic carbocycles. The Bertz CT molecular complexity index is 172. The van der Waals surface area contributed by atoms with Gasteiger partial charge in [-0.3, -0.25) is 4.79 Å². The predicted octanol–water partition coefficient (Wildman–Crippen LogP) is 2.23. The lowest BCUT2D eigenvalue weighted by molar-refractivity contribution is -0.114. The zero-order chi connectivity index (χ0) is 7.56. The number of halogens is 1. The molecule has 56 valence electrons. The van der Waals surface area contributed by atoms with E-state index in [9.17, 15) is 9.18 Å². The van der Waals surface area contributed by atoms with Crippen LogP contribution < -0.4 is 0 Å². The summed E-state index contributed by atoms with van der Waals surface area (Å²) in [6.07, 6.45) is 3.26. The van der Waals surface area contributed by atoms with E-state index in [-0.39, 0.29) is 17.5 Å². The van der Waals surface area contributed by atoms with E-state index in [1.54, 1.807) is 0 Å². The first-order valence-corrected chi connectivity index (χ1v) is 3.64. The quantitative estimate of drug-likeness (QED) is 0.577. The number of carbonyl (C=O) groups is 1. The normalized spacial score (nSPS) is 25.2. The Morgan fingerprint density at radius 2 is 2.50 bits per heavy atom. The molecule has 1 aliphatic rings. The van der Waals surface area contributed by atoms with E-state index in [4.69, 9.17) is 0 Å². The highest BCUT2D eigenvalue weighted by molar-refractivity contribution is 5.92. The molecule has 1 nitrogen and oxygen atoms in total. The fourth-order valence-electron chi connectivity index (χ4n) is 1.26. The lowest BCUT2D eigenvalue weighted by Gasteiger charge is -2.03. The highest BCUT2D eigenvalue weighted by atomic mass is 19.1. The molecule has 0 heterocycles. The number of rotatable bonds is 2. The van der Waals surface area contributed by atoms with Crippen LogP contribution in [0.4, 0.5) is 4.39 Å². The lowest BCUT2D eigenvalue weighted by Crippen LogP contribution is -1.97. The summed E-state index contributed by atoms with van der Waals surface area (Å²) in [5.41, 5.74) is 0. The van der Waals surface area contributed by atoms with Gasteiger partial charge in [0, 0.05) is 18.4 Å². The molecule has 0 radical (unpaired) electrons. The maximum absolute atomic E-state index is 12.7. The van der Waals surface area contributed by atoms with Gasteiger partial charge in [0.2, 0.25) is 0 Å². The Morgan fingerprint density at radius 3 is 2.90 bits per heavy atom. The molecule has 2 heteroatoms. The summed E-state index contributed by atoms with van der Waals surface area (Å²) in [5.74, 6) is -0.375. The van der Waals surface area contributed by atoms with Crippen molar-refractivity contribution >= 4 is 5.78 Å². The summed E-state index contributed by atoms with van der Waals surface area (Å²) in [6, 6.07) is 0. The van der Waals surface area contributed by atoms with E-state index in [1.807, 2.05) is 6.92 Å². The fourth-order valence-corrected chi connectivity index (χ4v) is 1.26. The molecule has 0 N–H and O–H groups in total. The standard InChI is InChI=1S/C8H11FO/c1-2-3-6-4-7(10)5-8(6)9/h5-6H,2-4H2,1H3. The van der Waals surface area contributed by atoms with E-state index in [0.717, 1.165) is 18.9 Å². The van der Waals surface area contributed by atoms with Crippen LogP contribution in [0.5, 0.6) is 0 Å². The maximum atomic E-state index is 12.7. The molecule has 0 fully saturated rings. The Kier molecular flexibility index (Phi) is 2.20. The topological polar surface area (TPSA) is 17.1 Å². The summed E-state index contributed by atoms with van der Waals surface area (Å²) in [4.78, 5) is 10.6. The molecule has 0 aromatic rings. The van der Waals surface area contributed by atoms with Gasteiger partial charge in [0.15, 0.2) is 5.78 Å². The van der Waals surface area contributed by atoms with Crippen LogP contribution in [0.3, 0.4) is 0 Å². The minimum absolute atomic E-state index is 0.0593. The van der Waals surface area contributed by atoms with Gasteiger partial charge >= 0.3 is 0 Å². The molecule has 0 spiro atoms. The molecule has 0 aromatic heterocycles. The van der Waals surface area contributed by atoms with Crippen LogP contribution in [0.25, 0.3) is 0 Å². The second-order valence-electron chi connectivity index (χ2n) is 2.69. The molecule has 0 amide bonds. The van der Waals surface area contributed by atoms with Crippen LogP contribution in [-0.4, -0.2) is 5.78 Å². The Morgan fingerprint density at radius 1 is 1.80 bits per heavy atom. The molecule has 1 aliphatic carbocycles. The fraction of sp³-hybridized carbons (Fsp3) is 0.625. The van der Waals surface area contributed by atoms with Crippen LogP contribution >= 0.6 is 0 Å². The zero-order valence-corrected chi connectivity index (χ0v) is 6.06. The van der Waals surface area contributed by atoms with E-state index >= 15 is 0 Å². The van der Waals surface area contributed by atoms with Crippen LogP contribution in [-0.2, 0) is 4.79 Å². The molecule has 1 rings (SSSR count). The van der Waals surface area contributed by atoms with Gasteiger partial charge in [0.1, 0.15) is 5.83 Å². The first-order valence-electron chi connectivity index (χ1n) is 3.64. The highest BCUT2D eigenvalue weighted by Gasteiger charge is 2.23. The smallest absolute Gasteiger partial charge is 0.158 e. The largest absolute Gasteiger partial charge is 0.295 e. The van der Waals surface area contributed by atoms with Crippen molar-refractivity contribution in [1.82, 2.24) is 0 Å². The van der Waals surface area contributed by atoms with Gasteiger partial charge in [-0.1, -0.05) is 13.3 Å². The number of hydrogen-bond acceptors (Lipinski definition) is 1. The molecule has 0 saturated carbocycles. The summed E-state index contributed by atoms with van der Waals surface area (Å²) in [5, 5.41) is 0. The summed E-state index contributed by atoms with van der Waals surface area (Å²) in [6.45, 7) is 2.00. The minimum Gasteiger partial charge on any atom is -0.295 e. The average Bonchev–Trinajstić information content (AvgIpc) is 2.13. The molecule has 1 atom stereocenters. The van der Waals surface area contributed by atoms with Gasteiger partial charge in [0.25, 0.3) is 0 Å². The van der Waals surface area contributed by atoms with E-state index in [1.165, 1.54) is 0 Å². The van der Waals surface area contributed by atoms with Gasteiger partial charge in [-0.05, 0) is 6.42 Å². The monoisotopic (exact) mass is 142 g/mol. The third-order valence-corrected chi connectivity index (χ3v) is 1.77. The second kappa shape index (κ2) is 2.95. The van der Waals surface area contributed by atoms with Crippen LogP contribution in [0.2, 0.25) is 0 Å². The molecule has 0 aliphatic heterocycles. The van der Waals surface area contributed by atoms with Crippen molar-refractivity contribution in [2.24, 2.45) is 5.92 Å². The maximum Gasteiger partial charge on any atom is 0.158 e. The molecular weight excluding hydrogens is 131 g/mol. The molecule has 10 heavy (non-hydrogen) atoms. The Hall–Kier alpha value is -0.660. The van der Waals surface area contributed by atoms with Gasteiger partial charge in [-0.2, -0.15) is 0 Å². The Labute approximate surface area is 59.9 Å². The summed E-state index contributed by atoms with van der Waals surface area (Å²) >= 11 is 0. The first-order chi connectivity index (χ1) is 4.74. The van der Waals surface area contributed by atoms with E-state index in [2.05, 4.69) is 0 Å². The van der Waals surface area contributed by atoms with E-state index < -0.39 is 0 Å². The SMILES string of the molecule is CCCC1CC(=O)C=C1F. The average molecular weight is 142 g/mol. The van der Waals surface area contributed by atoms with Crippen molar-refractivity contribution in [2.75, 3.05) is 0 Å². The van der Waals surface area contributed by atoms with Crippen LogP contribution in [0.1, 0.15) is 26.2 Å². The summed E-state index contributed by atoms with van der Waals surface area (Å²) in [7, 11) is 0. The first kappa shape index (κ1) is 7.45. The third-order valence-electron chi connectivity index (χ3n) is 1.77. The molecule has 0 saturated heterocycles. The van der Waals surface area contributed by atoms with Crippen LogP contribution in [0.15, 0.2) is 11.9 Å². The van der Waals surface area contributed by atoms with Crippen LogP contribution in [0, 0.1) is 5.92 Å². The number of ketones is 1. The number of allylic oxidation sites excluding steroid dienone is 2. The van der Waals surface area contributed by atoms with Gasteiger partial charge in [-0.15, -0.1) is 0 Å².